The number of H-pyrrole nitrogens is 1. The SMILES string of the molecule is CCN1C(=O)c2cc(NC=C(C#N)c3nn[nH]n3)ccc2Oc2ccccc21. The van der Waals surface area contributed by atoms with Crippen molar-refractivity contribution in [1.29, 1.82) is 5.26 Å². The number of aromatic nitrogens is 4. The Hall–Kier alpha value is -4.19. The molecule has 3 aromatic rings. The lowest BCUT2D eigenvalue weighted by atomic mass is 10.1. The van der Waals surface area contributed by atoms with Crippen LogP contribution in [0.4, 0.5) is 11.4 Å². The van der Waals surface area contributed by atoms with Crippen molar-refractivity contribution in [3.63, 3.8) is 0 Å². The summed E-state index contributed by atoms with van der Waals surface area (Å²) in [6.07, 6.45) is 1.46. The van der Waals surface area contributed by atoms with Gasteiger partial charge in [-0.2, -0.15) is 10.5 Å². The molecule has 0 unspecified atom stereocenters. The van der Waals surface area contributed by atoms with E-state index in [0.29, 0.717) is 29.3 Å². The highest BCUT2D eigenvalue weighted by atomic mass is 16.5. The molecule has 0 atom stereocenters. The molecule has 0 saturated heterocycles. The maximum Gasteiger partial charge on any atom is 0.262 e. The Kier molecular flexibility index (Phi) is 4.43. The maximum absolute atomic E-state index is 13.1. The van der Waals surface area contributed by atoms with E-state index in [1.54, 1.807) is 23.1 Å². The zero-order chi connectivity index (χ0) is 19.5. The van der Waals surface area contributed by atoms with E-state index in [1.807, 2.05) is 37.3 Å². The van der Waals surface area contributed by atoms with Crippen LogP contribution in [0.15, 0.2) is 48.7 Å². The molecule has 28 heavy (non-hydrogen) atoms. The molecule has 2 heterocycles. The number of anilines is 2. The average molecular weight is 373 g/mol. The Bertz CT molecular complexity index is 1100. The van der Waals surface area contributed by atoms with Crippen LogP contribution in [0, 0.1) is 11.3 Å². The Morgan fingerprint density at radius 2 is 2.18 bits per heavy atom. The number of rotatable bonds is 4. The van der Waals surface area contributed by atoms with E-state index in [9.17, 15) is 10.1 Å². The number of para-hydroxylation sites is 2. The molecular formula is C19H15N7O2. The number of fused-ring (bicyclic) bond motifs is 2. The van der Waals surface area contributed by atoms with E-state index >= 15 is 0 Å². The molecule has 0 spiro atoms. The molecular weight excluding hydrogens is 358 g/mol. The predicted molar refractivity (Wildman–Crippen MR) is 102 cm³/mol. The average Bonchev–Trinajstić information content (AvgIpc) is 3.22. The number of hydrogen-bond donors (Lipinski definition) is 2. The number of carbonyl (C=O) groups is 1. The lowest BCUT2D eigenvalue weighted by Crippen LogP contribution is -2.29. The summed E-state index contributed by atoms with van der Waals surface area (Å²) in [5.41, 5.74) is 1.97. The summed E-state index contributed by atoms with van der Waals surface area (Å²) in [4.78, 5) is 14.7. The third-order valence-corrected chi connectivity index (χ3v) is 4.24. The molecule has 9 heteroatoms. The van der Waals surface area contributed by atoms with Gasteiger partial charge in [0.05, 0.1) is 11.3 Å². The summed E-state index contributed by atoms with van der Waals surface area (Å²) in [7, 11) is 0. The van der Waals surface area contributed by atoms with Gasteiger partial charge in [0.2, 0.25) is 5.82 Å². The molecule has 2 aromatic carbocycles. The molecule has 1 aromatic heterocycles. The van der Waals surface area contributed by atoms with E-state index < -0.39 is 0 Å². The molecule has 0 radical (unpaired) electrons. The van der Waals surface area contributed by atoms with Crippen LogP contribution in [0.1, 0.15) is 23.1 Å². The molecule has 0 saturated carbocycles. The first-order valence-corrected chi connectivity index (χ1v) is 8.54. The van der Waals surface area contributed by atoms with Crippen molar-refractivity contribution in [2.75, 3.05) is 16.8 Å². The minimum absolute atomic E-state index is 0.159. The topological polar surface area (TPSA) is 120 Å². The standard InChI is InChI=1S/C19H15N7O2/c1-2-26-15-5-3-4-6-17(15)28-16-8-7-13(9-14(16)19(26)27)21-11-12(10-20)18-22-24-25-23-18/h3-9,11,21H,2H2,1H3,(H,22,23,24,25). The van der Waals surface area contributed by atoms with Crippen molar-refractivity contribution >= 4 is 22.9 Å². The summed E-state index contributed by atoms with van der Waals surface area (Å²) in [5, 5.41) is 25.5. The van der Waals surface area contributed by atoms with Gasteiger partial charge in [0.15, 0.2) is 5.75 Å². The van der Waals surface area contributed by atoms with E-state index in [0.717, 1.165) is 5.69 Å². The maximum atomic E-state index is 13.1. The van der Waals surface area contributed by atoms with Gasteiger partial charge >= 0.3 is 0 Å². The second-order valence-corrected chi connectivity index (χ2v) is 5.88. The number of nitrogens with one attached hydrogen (secondary N) is 2. The molecule has 4 rings (SSSR count). The highest BCUT2D eigenvalue weighted by molar-refractivity contribution is 6.10. The van der Waals surface area contributed by atoms with E-state index in [1.165, 1.54) is 6.20 Å². The molecule has 9 nitrogen and oxygen atoms in total. The van der Waals surface area contributed by atoms with Gasteiger partial charge in [0, 0.05) is 18.4 Å². The van der Waals surface area contributed by atoms with Gasteiger partial charge in [0.25, 0.3) is 5.91 Å². The number of benzene rings is 2. The first kappa shape index (κ1) is 17.2. The number of ether oxygens (including phenoxy) is 1. The van der Waals surface area contributed by atoms with E-state index in [2.05, 4.69) is 25.9 Å². The summed E-state index contributed by atoms with van der Waals surface area (Å²) in [6.45, 7) is 2.42. The molecule has 0 fully saturated rings. The van der Waals surface area contributed by atoms with Gasteiger partial charge in [-0.3, -0.25) is 4.79 Å². The van der Waals surface area contributed by atoms with Crippen molar-refractivity contribution in [2.24, 2.45) is 0 Å². The second-order valence-electron chi connectivity index (χ2n) is 5.88. The quantitative estimate of drug-likeness (QED) is 0.675. The van der Waals surface area contributed by atoms with Gasteiger partial charge in [-0.05, 0) is 42.5 Å². The van der Waals surface area contributed by atoms with Crippen molar-refractivity contribution in [2.45, 2.75) is 6.92 Å². The van der Waals surface area contributed by atoms with E-state index in [-0.39, 0.29) is 17.3 Å². The summed E-state index contributed by atoms with van der Waals surface area (Å²) < 4.78 is 5.98. The second kappa shape index (κ2) is 7.20. The lowest BCUT2D eigenvalue weighted by molar-refractivity contribution is 0.0988. The first-order chi connectivity index (χ1) is 13.7. The van der Waals surface area contributed by atoms with E-state index in [4.69, 9.17) is 4.74 Å². The van der Waals surface area contributed by atoms with Crippen LogP contribution >= 0.6 is 0 Å². The Morgan fingerprint density at radius 3 is 2.93 bits per heavy atom. The number of tetrazole rings is 1. The monoisotopic (exact) mass is 373 g/mol. The Balaban J connectivity index is 1.68. The zero-order valence-corrected chi connectivity index (χ0v) is 14.9. The van der Waals surface area contributed by atoms with Gasteiger partial charge in [0.1, 0.15) is 17.4 Å². The highest BCUT2D eigenvalue weighted by Crippen LogP contribution is 2.39. The molecule has 1 aliphatic heterocycles. The minimum Gasteiger partial charge on any atom is -0.454 e. The van der Waals surface area contributed by atoms with Crippen molar-refractivity contribution < 1.29 is 9.53 Å². The molecule has 138 valence electrons. The van der Waals surface area contributed by atoms with Crippen LogP contribution < -0.4 is 15.0 Å². The van der Waals surface area contributed by atoms with Crippen molar-refractivity contribution in [3.8, 4) is 17.6 Å². The minimum atomic E-state index is -0.159. The third kappa shape index (κ3) is 3.03. The fourth-order valence-corrected chi connectivity index (χ4v) is 2.91. The smallest absolute Gasteiger partial charge is 0.262 e. The van der Waals surface area contributed by atoms with Gasteiger partial charge in [-0.1, -0.05) is 12.1 Å². The first-order valence-electron chi connectivity index (χ1n) is 8.54. The van der Waals surface area contributed by atoms with Crippen molar-refractivity contribution in [3.05, 3.63) is 60.1 Å². The number of amides is 1. The van der Waals surface area contributed by atoms with Gasteiger partial charge in [-0.15, -0.1) is 10.2 Å². The largest absolute Gasteiger partial charge is 0.454 e. The molecule has 0 aliphatic carbocycles. The number of allylic oxidation sites excluding steroid dienone is 1. The predicted octanol–water partition coefficient (Wildman–Crippen LogP) is 2.95. The van der Waals surface area contributed by atoms with Crippen molar-refractivity contribution in [1.82, 2.24) is 20.6 Å². The van der Waals surface area contributed by atoms with Gasteiger partial charge < -0.3 is 15.0 Å². The molecule has 2 N–H and O–H groups in total. The summed E-state index contributed by atoms with van der Waals surface area (Å²) >= 11 is 0. The molecule has 1 amide bonds. The number of carbonyl (C=O) groups excluding carboxylic acids is 1. The van der Waals surface area contributed by atoms with Crippen LogP contribution in [0.2, 0.25) is 0 Å². The number of hydrogen-bond acceptors (Lipinski definition) is 7. The number of nitrogens with zero attached hydrogens (tertiary/aromatic N) is 5. The Labute approximate surface area is 160 Å². The fourth-order valence-electron chi connectivity index (χ4n) is 2.91. The van der Waals surface area contributed by atoms with Crippen LogP contribution in [0.25, 0.3) is 5.57 Å². The summed E-state index contributed by atoms with van der Waals surface area (Å²) in [5.74, 6) is 1.12. The zero-order valence-electron chi connectivity index (χ0n) is 14.9. The number of aromatic amines is 1. The molecule has 1 aliphatic rings. The normalized spacial score (nSPS) is 13.1. The van der Waals surface area contributed by atoms with Crippen LogP contribution in [0.3, 0.4) is 0 Å². The Morgan fingerprint density at radius 1 is 1.32 bits per heavy atom. The fraction of sp³-hybridized carbons (Fsp3) is 0.105. The summed E-state index contributed by atoms with van der Waals surface area (Å²) in [6, 6.07) is 14.6. The highest BCUT2D eigenvalue weighted by Gasteiger charge is 2.27. The lowest BCUT2D eigenvalue weighted by Gasteiger charge is -2.19. The van der Waals surface area contributed by atoms with Gasteiger partial charge in [-0.25, -0.2) is 0 Å². The molecule has 0 bridgehead atoms. The number of nitriles is 1. The van der Waals surface area contributed by atoms with Crippen LogP contribution in [-0.4, -0.2) is 33.1 Å². The third-order valence-electron chi connectivity index (χ3n) is 4.24. The van der Waals surface area contributed by atoms with Crippen LogP contribution in [-0.2, 0) is 0 Å². The van der Waals surface area contributed by atoms with Crippen LogP contribution in [0.5, 0.6) is 11.5 Å².